The van der Waals surface area contributed by atoms with Gasteiger partial charge in [0, 0.05) is 7.05 Å². The second kappa shape index (κ2) is 7.91. The van der Waals surface area contributed by atoms with E-state index in [1.807, 2.05) is 30.3 Å². The molecule has 1 unspecified atom stereocenters. The number of amidine groups is 1. The summed E-state index contributed by atoms with van der Waals surface area (Å²) in [6, 6.07) is 8.43. The fraction of sp³-hybridized carbons (Fsp3) is 0.529. The largest absolute Gasteiger partial charge is 0.465 e. The van der Waals surface area contributed by atoms with Gasteiger partial charge in [-0.3, -0.25) is 9.89 Å². The molecule has 1 aromatic rings. The average Bonchev–Trinajstić information content (AvgIpc) is 3.05. The molecule has 9 heteroatoms. The molecule has 2 heterocycles. The summed E-state index contributed by atoms with van der Waals surface area (Å²) in [5.74, 6) is 0. The van der Waals surface area contributed by atoms with Gasteiger partial charge in [0.15, 0.2) is 11.3 Å². The molecule has 0 bridgehead atoms. The number of alkyl halides is 1. The number of nitrogens with zero attached hydrogens (tertiary/aromatic N) is 2. The lowest BCUT2D eigenvalue weighted by atomic mass is 9.96. The number of fused-ring (bicyclic) bond motifs is 1. The minimum atomic E-state index is -1.52. The second-order valence-corrected chi connectivity index (χ2v) is 7.34. The van der Waals surface area contributed by atoms with Crippen molar-refractivity contribution >= 4 is 23.0 Å². The number of rotatable bonds is 4. The summed E-state index contributed by atoms with van der Waals surface area (Å²) >= 11 is 1.04. The van der Waals surface area contributed by atoms with Gasteiger partial charge in [0.05, 0.1) is 12.7 Å². The first-order chi connectivity index (χ1) is 12.4. The summed E-state index contributed by atoms with van der Waals surface area (Å²) in [6.45, 7) is 1.69. The number of aliphatic imine (C=N–C) groups is 1. The van der Waals surface area contributed by atoms with Gasteiger partial charge in [0.1, 0.15) is 23.7 Å². The Labute approximate surface area is 154 Å². The van der Waals surface area contributed by atoms with Crippen LogP contribution in [0.2, 0.25) is 0 Å². The number of carbonyl (C=O) groups is 1. The van der Waals surface area contributed by atoms with Crippen LogP contribution in [0.3, 0.4) is 0 Å². The molecule has 1 aromatic carbocycles. The number of hydrogen-bond donors (Lipinski definition) is 2. The van der Waals surface area contributed by atoms with E-state index in [9.17, 15) is 9.90 Å². The summed E-state index contributed by atoms with van der Waals surface area (Å²) in [4.78, 5) is 16.2. The summed E-state index contributed by atoms with van der Waals surface area (Å²) in [5.41, 5.74) is 0.180. The molecule has 1 saturated heterocycles. The highest BCUT2D eigenvalue weighted by atomic mass is 32.2. The first-order valence-electron chi connectivity index (χ1n) is 8.22. The van der Waals surface area contributed by atoms with Crippen LogP contribution in [0.5, 0.6) is 0 Å². The molecule has 7 nitrogen and oxygen atoms in total. The Morgan fingerprint density at radius 2 is 2.15 bits per heavy atom. The van der Waals surface area contributed by atoms with E-state index < -0.39 is 42.1 Å². The maximum atomic E-state index is 15.2. The van der Waals surface area contributed by atoms with E-state index >= 15 is 4.39 Å². The molecule has 26 heavy (non-hydrogen) atoms. The molecule has 2 N–H and O–H groups in total. The molecule has 3 rings (SSSR count). The molecule has 1 fully saturated rings. The predicted molar refractivity (Wildman–Crippen MR) is 94.9 cm³/mol. The van der Waals surface area contributed by atoms with Gasteiger partial charge in [-0.15, -0.1) is 0 Å². The summed E-state index contributed by atoms with van der Waals surface area (Å²) in [6.07, 6.45) is -5.53. The number of aliphatic hydroxyl groups excluding tert-OH is 1. The Morgan fingerprint density at radius 1 is 1.46 bits per heavy atom. The van der Waals surface area contributed by atoms with Crippen molar-refractivity contribution in [1.29, 1.82) is 0 Å². The summed E-state index contributed by atoms with van der Waals surface area (Å²) in [7, 11) is 1.34. The lowest BCUT2D eigenvalue weighted by Gasteiger charge is -2.40. The number of aliphatic hydroxyl groups is 1. The first-order valence-corrected chi connectivity index (χ1v) is 9.10. The Morgan fingerprint density at radius 3 is 2.77 bits per heavy atom. The molecule has 0 saturated carbocycles. The van der Waals surface area contributed by atoms with Crippen LogP contribution in [0.15, 0.2) is 35.3 Å². The third-order valence-electron chi connectivity index (χ3n) is 4.35. The molecule has 6 atom stereocenters. The van der Waals surface area contributed by atoms with Crippen molar-refractivity contribution in [2.75, 3.05) is 7.05 Å². The SMILES string of the molecule is CC(O)[C@H]1O[C@@H]2SC(N(C)C(=O)O)=N[C@@H]2[C@@H](F)[C@@H]1OCc1ccccc1. The number of hydrogen-bond acceptors (Lipinski definition) is 6. The first kappa shape index (κ1) is 19.1. The second-order valence-electron chi connectivity index (χ2n) is 6.28. The number of carboxylic acid groups (broad SMARTS) is 1. The van der Waals surface area contributed by atoms with Crippen LogP contribution in [0.4, 0.5) is 9.18 Å². The Kier molecular flexibility index (Phi) is 5.81. The minimum absolute atomic E-state index is 0.170. The number of halogens is 1. The van der Waals surface area contributed by atoms with E-state index in [2.05, 4.69) is 4.99 Å². The third-order valence-corrected chi connectivity index (χ3v) is 5.56. The van der Waals surface area contributed by atoms with Crippen molar-refractivity contribution in [3.8, 4) is 0 Å². The fourth-order valence-electron chi connectivity index (χ4n) is 2.92. The quantitative estimate of drug-likeness (QED) is 0.826. The summed E-state index contributed by atoms with van der Waals surface area (Å²) < 4.78 is 26.7. The highest BCUT2D eigenvalue weighted by Gasteiger charge is 2.52. The van der Waals surface area contributed by atoms with Gasteiger partial charge in [0.25, 0.3) is 0 Å². The zero-order chi connectivity index (χ0) is 18.8. The number of ether oxygens (including phenoxy) is 2. The van der Waals surface area contributed by atoms with Gasteiger partial charge < -0.3 is 19.7 Å². The van der Waals surface area contributed by atoms with Crippen LogP contribution in [-0.4, -0.2) is 69.4 Å². The number of amides is 1. The Bertz CT molecular complexity index is 674. The van der Waals surface area contributed by atoms with Crippen molar-refractivity contribution in [2.24, 2.45) is 4.99 Å². The summed E-state index contributed by atoms with van der Waals surface area (Å²) in [5, 5.41) is 19.3. The van der Waals surface area contributed by atoms with Gasteiger partial charge in [-0.05, 0) is 12.5 Å². The van der Waals surface area contributed by atoms with E-state index in [1.165, 1.54) is 14.0 Å². The van der Waals surface area contributed by atoms with E-state index in [0.717, 1.165) is 22.2 Å². The van der Waals surface area contributed by atoms with Gasteiger partial charge in [-0.1, -0.05) is 42.1 Å². The van der Waals surface area contributed by atoms with Crippen LogP contribution >= 0.6 is 11.8 Å². The van der Waals surface area contributed by atoms with Crippen molar-refractivity contribution in [3.05, 3.63) is 35.9 Å². The van der Waals surface area contributed by atoms with Crippen molar-refractivity contribution in [3.63, 3.8) is 0 Å². The molecule has 2 aliphatic heterocycles. The maximum Gasteiger partial charge on any atom is 0.413 e. The Hall–Kier alpha value is -1.68. The predicted octanol–water partition coefficient (Wildman–Crippen LogP) is 2.10. The highest BCUT2D eigenvalue weighted by Crippen LogP contribution is 2.40. The number of benzene rings is 1. The highest BCUT2D eigenvalue weighted by molar-refractivity contribution is 8.14. The van der Waals surface area contributed by atoms with Gasteiger partial charge in [-0.25, -0.2) is 9.18 Å². The fourth-order valence-corrected chi connectivity index (χ4v) is 4.08. The molecule has 1 amide bonds. The molecule has 0 aromatic heterocycles. The zero-order valence-corrected chi connectivity index (χ0v) is 15.2. The van der Waals surface area contributed by atoms with E-state index in [0.29, 0.717) is 0 Å². The van der Waals surface area contributed by atoms with E-state index in [4.69, 9.17) is 14.6 Å². The molecule has 0 aliphatic carbocycles. The maximum absolute atomic E-state index is 15.2. The van der Waals surface area contributed by atoms with Crippen LogP contribution < -0.4 is 0 Å². The van der Waals surface area contributed by atoms with Crippen LogP contribution in [0, 0.1) is 0 Å². The molecular weight excluding hydrogens is 363 g/mol. The zero-order valence-electron chi connectivity index (χ0n) is 14.4. The standard InChI is InChI=1S/C17H21FN2O5S/c1-9(21)13-14(24-8-10-6-4-3-5-7-10)11(18)12-15(25-13)26-16(19-12)20(2)17(22)23/h3-7,9,11-15,21H,8H2,1-2H3,(H,22,23)/t9?,11-,12-,13-,14+,15-/m1/s1. The van der Waals surface area contributed by atoms with Crippen LogP contribution in [0.1, 0.15) is 12.5 Å². The van der Waals surface area contributed by atoms with E-state index in [-0.39, 0.29) is 11.8 Å². The monoisotopic (exact) mass is 384 g/mol. The van der Waals surface area contributed by atoms with Crippen LogP contribution in [-0.2, 0) is 16.1 Å². The van der Waals surface area contributed by atoms with Crippen molar-refractivity contribution in [2.45, 2.75) is 49.5 Å². The molecule has 2 aliphatic rings. The van der Waals surface area contributed by atoms with Crippen molar-refractivity contribution in [1.82, 2.24) is 4.90 Å². The molecular formula is C17H21FN2O5S. The van der Waals surface area contributed by atoms with Crippen molar-refractivity contribution < 1.29 is 28.9 Å². The average molecular weight is 384 g/mol. The lowest BCUT2D eigenvalue weighted by molar-refractivity contribution is -0.188. The van der Waals surface area contributed by atoms with Crippen LogP contribution in [0.25, 0.3) is 0 Å². The molecule has 0 radical (unpaired) electrons. The normalized spacial score (nSPS) is 31.8. The van der Waals surface area contributed by atoms with E-state index in [1.54, 1.807) is 0 Å². The van der Waals surface area contributed by atoms with Gasteiger partial charge >= 0.3 is 6.09 Å². The topological polar surface area (TPSA) is 91.6 Å². The van der Waals surface area contributed by atoms with Gasteiger partial charge in [0.2, 0.25) is 0 Å². The third kappa shape index (κ3) is 3.85. The smallest absolute Gasteiger partial charge is 0.413 e. The van der Waals surface area contributed by atoms with Gasteiger partial charge in [-0.2, -0.15) is 0 Å². The minimum Gasteiger partial charge on any atom is -0.465 e. The lowest BCUT2D eigenvalue weighted by Crippen LogP contribution is -2.57. The molecule has 0 spiro atoms. The Balaban J connectivity index is 1.76. The number of thioether (sulfide) groups is 1. The molecule has 142 valence electrons.